The largest absolute Gasteiger partial charge is 0.481 e. The summed E-state index contributed by atoms with van der Waals surface area (Å²) < 4.78 is -0.207. The predicted molar refractivity (Wildman–Crippen MR) is 63.8 cm³/mol. The van der Waals surface area contributed by atoms with Gasteiger partial charge in [-0.05, 0) is 12.5 Å². The third kappa shape index (κ3) is 2.22. The van der Waals surface area contributed by atoms with Crippen molar-refractivity contribution in [1.29, 1.82) is 0 Å². The number of hydrogen-bond donors (Lipinski definition) is 1. The molecule has 0 saturated heterocycles. The number of fused-ring (bicyclic) bond motifs is 1. The number of para-hydroxylation sites is 1. The Morgan fingerprint density at radius 2 is 2.06 bits per heavy atom. The van der Waals surface area contributed by atoms with Crippen LogP contribution < -0.4 is 4.84 Å². The van der Waals surface area contributed by atoms with Crippen LogP contribution in [0.15, 0.2) is 24.3 Å². The van der Waals surface area contributed by atoms with Gasteiger partial charge in [0.15, 0.2) is 5.75 Å². The molecule has 1 unspecified atom stereocenters. The topological polar surface area (TPSA) is 63.6 Å². The van der Waals surface area contributed by atoms with E-state index in [0.717, 1.165) is 5.56 Å². The van der Waals surface area contributed by atoms with Crippen LogP contribution in [-0.2, 0) is 9.59 Å². The first-order valence-electron chi connectivity index (χ1n) is 5.80. The molecule has 0 fully saturated rings. The van der Waals surface area contributed by atoms with Gasteiger partial charge in [-0.15, -0.1) is 0 Å². The zero-order valence-electron chi connectivity index (χ0n) is 10.4. The lowest BCUT2D eigenvalue weighted by atomic mass is 9.91. The van der Waals surface area contributed by atoms with Crippen molar-refractivity contribution in [3.63, 3.8) is 0 Å². The number of hydroxylamine groups is 3. The van der Waals surface area contributed by atoms with Gasteiger partial charge in [-0.25, -0.2) is 4.79 Å². The maximum atomic E-state index is 12.3. The van der Waals surface area contributed by atoms with Gasteiger partial charge in [0.05, 0.1) is 0 Å². The third-order valence-corrected chi connectivity index (χ3v) is 3.10. The number of rotatable bonds is 3. The summed E-state index contributed by atoms with van der Waals surface area (Å²) in [5.74, 6) is -0.773. The predicted octanol–water partition coefficient (Wildman–Crippen LogP) is 1.55. The average molecular weight is 250 g/mol. The quantitative estimate of drug-likeness (QED) is 0.827. The van der Waals surface area contributed by atoms with E-state index in [-0.39, 0.29) is 17.0 Å². The highest BCUT2D eigenvalue weighted by molar-refractivity contribution is 5.80. The first-order chi connectivity index (χ1) is 8.42. The second kappa shape index (κ2) is 4.42. The SMILES string of the molecule is C[N+]1(C)Oc2ccccc2C(CCC(=O)O)C1=O. The smallest absolute Gasteiger partial charge is 0.361 e. The number of carbonyl (C=O) groups excluding carboxylic acids is 1. The standard InChI is InChI=1S/C13H15NO4/c1-14(2)13(17)10(7-8-12(15)16)9-5-3-4-6-11(9)18-14/h3-6,10H,7-8H2,1-2H3/p+1. The van der Waals surface area contributed by atoms with Gasteiger partial charge in [-0.2, -0.15) is 0 Å². The normalized spacial score (nSPS) is 21.0. The molecule has 18 heavy (non-hydrogen) atoms. The van der Waals surface area contributed by atoms with Crippen molar-refractivity contribution < 1.29 is 24.2 Å². The van der Waals surface area contributed by atoms with E-state index in [9.17, 15) is 9.59 Å². The maximum Gasteiger partial charge on any atom is 0.361 e. The molecule has 1 aliphatic rings. The van der Waals surface area contributed by atoms with Crippen LogP contribution in [0, 0.1) is 0 Å². The van der Waals surface area contributed by atoms with Crippen molar-refractivity contribution in [2.24, 2.45) is 0 Å². The van der Waals surface area contributed by atoms with Gasteiger partial charge in [0.2, 0.25) is 0 Å². The van der Waals surface area contributed by atoms with E-state index in [4.69, 9.17) is 9.94 Å². The van der Waals surface area contributed by atoms with Crippen molar-refractivity contribution in [3.05, 3.63) is 29.8 Å². The van der Waals surface area contributed by atoms with Crippen LogP contribution in [-0.4, -0.2) is 35.7 Å². The number of nitrogens with zero attached hydrogens (tertiary/aromatic N) is 1. The second-order valence-electron chi connectivity index (χ2n) is 4.80. The van der Waals surface area contributed by atoms with Crippen LogP contribution in [0.1, 0.15) is 24.3 Å². The van der Waals surface area contributed by atoms with E-state index < -0.39 is 11.9 Å². The minimum Gasteiger partial charge on any atom is -0.481 e. The van der Waals surface area contributed by atoms with Crippen LogP contribution in [0.5, 0.6) is 5.75 Å². The molecular formula is C13H16NO4+. The van der Waals surface area contributed by atoms with E-state index in [2.05, 4.69) is 0 Å². The number of carboxylic acid groups (broad SMARTS) is 1. The lowest BCUT2D eigenvalue weighted by Gasteiger charge is -2.34. The summed E-state index contributed by atoms with van der Waals surface area (Å²) in [6.45, 7) is 0. The highest BCUT2D eigenvalue weighted by Crippen LogP contribution is 2.37. The number of amides is 1. The van der Waals surface area contributed by atoms with E-state index in [1.54, 1.807) is 20.2 Å². The van der Waals surface area contributed by atoms with E-state index in [1.165, 1.54) is 0 Å². The van der Waals surface area contributed by atoms with Gasteiger partial charge in [-0.1, -0.05) is 22.8 Å². The van der Waals surface area contributed by atoms with Crippen LogP contribution >= 0.6 is 0 Å². The van der Waals surface area contributed by atoms with Gasteiger partial charge in [0.1, 0.15) is 20.0 Å². The molecule has 1 aromatic carbocycles. The second-order valence-corrected chi connectivity index (χ2v) is 4.80. The third-order valence-electron chi connectivity index (χ3n) is 3.10. The fourth-order valence-electron chi connectivity index (χ4n) is 2.20. The Hall–Kier alpha value is -1.88. The minimum absolute atomic E-state index is 0.0231. The molecule has 2 rings (SSSR count). The summed E-state index contributed by atoms with van der Waals surface area (Å²) in [4.78, 5) is 28.6. The number of benzene rings is 1. The summed E-state index contributed by atoms with van der Waals surface area (Å²) in [6, 6.07) is 7.28. The van der Waals surface area contributed by atoms with Gasteiger partial charge < -0.3 is 9.94 Å². The number of aliphatic carboxylic acids is 1. The molecule has 0 spiro atoms. The van der Waals surface area contributed by atoms with Crippen LogP contribution in [0.2, 0.25) is 0 Å². The molecule has 1 N–H and O–H groups in total. The number of quaternary nitrogens is 1. The maximum absolute atomic E-state index is 12.3. The summed E-state index contributed by atoms with van der Waals surface area (Å²) in [7, 11) is 3.32. The molecule has 5 nitrogen and oxygen atoms in total. The van der Waals surface area contributed by atoms with Gasteiger partial charge in [-0.3, -0.25) is 4.79 Å². The molecular weight excluding hydrogens is 234 g/mol. The number of likely N-dealkylation sites (N-methyl/N-ethyl adjacent to an activating group) is 1. The molecule has 5 heteroatoms. The molecule has 1 atom stereocenters. The van der Waals surface area contributed by atoms with Crippen LogP contribution in [0.3, 0.4) is 0 Å². The molecule has 0 radical (unpaired) electrons. The zero-order valence-corrected chi connectivity index (χ0v) is 10.4. The summed E-state index contributed by atoms with van der Waals surface area (Å²) in [5.41, 5.74) is 0.779. The molecule has 1 aliphatic heterocycles. The lowest BCUT2D eigenvalue weighted by molar-refractivity contribution is -0.985. The summed E-state index contributed by atoms with van der Waals surface area (Å²) >= 11 is 0. The van der Waals surface area contributed by atoms with Crippen LogP contribution in [0.4, 0.5) is 0 Å². The molecule has 96 valence electrons. The fraction of sp³-hybridized carbons (Fsp3) is 0.385. The Kier molecular flexibility index (Phi) is 3.09. The van der Waals surface area contributed by atoms with E-state index in [1.807, 2.05) is 18.2 Å². The highest BCUT2D eigenvalue weighted by Gasteiger charge is 2.44. The van der Waals surface area contributed by atoms with Crippen molar-refractivity contribution in [2.45, 2.75) is 18.8 Å². The fourth-order valence-corrected chi connectivity index (χ4v) is 2.20. The number of hydrogen-bond acceptors (Lipinski definition) is 3. The number of carbonyl (C=O) groups is 2. The lowest BCUT2D eigenvalue weighted by Crippen LogP contribution is -2.53. The molecule has 0 aliphatic carbocycles. The first kappa shape index (κ1) is 12.6. The molecule has 1 aromatic rings. The van der Waals surface area contributed by atoms with Crippen molar-refractivity contribution >= 4 is 11.9 Å². The average Bonchev–Trinajstić information content (AvgIpc) is 2.29. The van der Waals surface area contributed by atoms with Gasteiger partial charge >= 0.3 is 11.9 Å². The molecule has 0 bridgehead atoms. The number of carboxylic acids is 1. The molecule has 0 saturated carbocycles. The monoisotopic (exact) mass is 250 g/mol. The van der Waals surface area contributed by atoms with Crippen molar-refractivity contribution in [1.82, 2.24) is 0 Å². The Labute approximate surface area is 105 Å². The molecule has 1 heterocycles. The first-order valence-corrected chi connectivity index (χ1v) is 5.80. The Balaban J connectivity index is 2.36. The molecule has 0 aromatic heterocycles. The van der Waals surface area contributed by atoms with Gasteiger partial charge in [0, 0.05) is 12.0 Å². The van der Waals surface area contributed by atoms with Crippen molar-refractivity contribution in [2.75, 3.05) is 14.1 Å². The van der Waals surface area contributed by atoms with Crippen molar-refractivity contribution in [3.8, 4) is 5.75 Å². The van der Waals surface area contributed by atoms with Gasteiger partial charge in [0.25, 0.3) is 0 Å². The summed E-state index contributed by atoms with van der Waals surface area (Å²) in [5, 5.41) is 8.76. The van der Waals surface area contributed by atoms with Crippen LogP contribution in [0.25, 0.3) is 0 Å². The Morgan fingerprint density at radius 1 is 1.39 bits per heavy atom. The Bertz CT molecular complexity index is 496. The molecule has 1 amide bonds. The highest BCUT2D eigenvalue weighted by atomic mass is 16.7. The Morgan fingerprint density at radius 3 is 2.72 bits per heavy atom. The summed E-state index contributed by atoms with van der Waals surface area (Å²) in [6.07, 6.45) is 0.279. The van der Waals surface area contributed by atoms with E-state index in [0.29, 0.717) is 12.2 Å². The minimum atomic E-state index is -0.892. The van der Waals surface area contributed by atoms with E-state index >= 15 is 0 Å². The zero-order chi connectivity index (χ0) is 13.3.